The van der Waals surface area contributed by atoms with Crippen LogP contribution in [0.25, 0.3) is 21.3 Å². The molecule has 0 atom stereocenters. The number of hydrogen-bond donors (Lipinski definition) is 0. The molecule has 4 aromatic rings. The van der Waals surface area contributed by atoms with Crippen molar-refractivity contribution in [3.05, 3.63) is 80.6 Å². The highest BCUT2D eigenvalue weighted by molar-refractivity contribution is 7.17. The van der Waals surface area contributed by atoms with Gasteiger partial charge in [-0.3, -0.25) is 9.36 Å². The van der Waals surface area contributed by atoms with E-state index in [2.05, 4.69) is 4.98 Å². The van der Waals surface area contributed by atoms with E-state index in [4.69, 9.17) is 27.9 Å². The van der Waals surface area contributed by atoms with Crippen molar-refractivity contribution >= 4 is 44.8 Å². The highest BCUT2D eigenvalue weighted by atomic mass is 35.5. The van der Waals surface area contributed by atoms with Crippen LogP contribution < -0.4 is 10.3 Å². The first-order chi connectivity index (χ1) is 13.1. The van der Waals surface area contributed by atoms with Gasteiger partial charge in [0, 0.05) is 10.9 Å². The summed E-state index contributed by atoms with van der Waals surface area (Å²) >= 11 is 13.7. The Hall–Kier alpha value is -2.34. The van der Waals surface area contributed by atoms with Crippen molar-refractivity contribution in [2.45, 2.75) is 6.54 Å². The van der Waals surface area contributed by atoms with Gasteiger partial charge < -0.3 is 4.74 Å². The average molecular weight is 417 g/mol. The SMILES string of the molecule is O=c1c2c(-c3ccccc3)csc2ncn1CCOc1c(Cl)cccc1Cl. The third kappa shape index (κ3) is 3.58. The van der Waals surface area contributed by atoms with Crippen molar-refractivity contribution < 1.29 is 4.74 Å². The molecule has 4 rings (SSSR count). The van der Waals surface area contributed by atoms with Gasteiger partial charge in [0.25, 0.3) is 5.56 Å². The van der Waals surface area contributed by atoms with Crippen molar-refractivity contribution in [3.63, 3.8) is 0 Å². The Labute approximate surface area is 169 Å². The molecule has 0 saturated heterocycles. The van der Waals surface area contributed by atoms with Crippen LogP contribution in [0.5, 0.6) is 5.75 Å². The zero-order valence-electron chi connectivity index (χ0n) is 14.1. The minimum atomic E-state index is -0.0889. The minimum Gasteiger partial charge on any atom is -0.489 e. The lowest BCUT2D eigenvalue weighted by Crippen LogP contribution is -2.23. The molecule has 0 aliphatic heterocycles. The first-order valence-corrected chi connectivity index (χ1v) is 9.87. The van der Waals surface area contributed by atoms with Gasteiger partial charge in [-0.2, -0.15) is 0 Å². The van der Waals surface area contributed by atoms with Gasteiger partial charge >= 0.3 is 0 Å². The van der Waals surface area contributed by atoms with Gasteiger partial charge in [0.2, 0.25) is 0 Å². The molecule has 7 heteroatoms. The third-order valence-corrected chi connectivity index (χ3v) is 5.62. The number of halogens is 2. The van der Waals surface area contributed by atoms with Gasteiger partial charge in [-0.05, 0) is 17.7 Å². The molecule has 27 heavy (non-hydrogen) atoms. The lowest BCUT2D eigenvalue weighted by Gasteiger charge is -2.11. The Balaban J connectivity index is 1.62. The van der Waals surface area contributed by atoms with Gasteiger partial charge in [0.15, 0.2) is 5.75 Å². The van der Waals surface area contributed by atoms with Crippen LogP contribution >= 0.6 is 34.5 Å². The van der Waals surface area contributed by atoms with E-state index in [1.54, 1.807) is 29.1 Å². The standard InChI is InChI=1S/C20H14Cl2N2O2S/c21-15-7-4-8-16(22)18(15)26-10-9-24-12-23-19-17(20(24)25)14(11-27-19)13-5-2-1-3-6-13/h1-8,11-12H,9-10H2. The van der Waals surface area contributed by atoms with Gasteiger partial charge in [0.05, 0.1) is 28.3 Å². The van der Waals surface area contributed by atoms with Crippen molar-refractivity contribution in [1.82, 2.24) is 9.55 Å². The number of thiophene rings is 1. The second-order valence-corrected chi connectivity index (χ2v) is 7.51. The Morgan fingerprint density at radius 2 is 1.78 bits per heavy atom. The number of benzene rings is 2. The molecule has 2 aromatic heterocycles. The summed E-state index contributed by atoms with van der Waals surface area (Å²) in [5, 5.41) is 3.48. The molecule has 0 radical (unpaired) electrons. The van der Waals surface area contributed by atoms with Crippen LogP contribution in [0.15, 0.2) is 65.0 Å². The molecule has 136 valence electrons. The van der Waals surface area contributed by atoms with E-state index in [1.165, 1.54) is 11.3 Å². The van der Waals surface area contributed by atoms with E-state index in [-0.39, 0.29) is 12.2 Å². The van der Waals surface area contributed by atoms with Crippen LogP contribution in [0, 0.1) is 0 Å². The van der Waals surface area contributed by atoms with E-state index >= 15 is 0 Å². The molecule has 0 amide bonds. The fraction of sp³-hybridized carbons (Fsp3) is 0.100. The maximum atomic E-state index is 13.0. The predicted octanol–water partition coefficient (Wildman–Crippen LogP) is 5.51. The highest BCUT2D eigenvalue weighted by Gasteiger charge is 2.13. The van der Waals surface area contributed by atoms with Gasteiger partial charge in [-0.1, -0.05) is 59.6 Å². The molecule has 4 nitrogen and oxygen atoms in total. The number of para-hydroxylation sites is 1. The predicted molar refractivity (Wildman–Crippen MR) is 111 cm³/mol. The fourth-order valence-electron chi connectivity index (χ4n) is 2.82. The molecule has 0 unspecified atom stereocenters. The minimum absolute atomic E-state index is 0.0889. The lowest BCUT2D eigenvalue weighted by molar-refractivity contribution is 0.296. The fourth-order valence-corrected chi connectivity index (χ4v) is 4.24. The van der Waals surface area contributed by atoms with Crippen LogP contribution in [0.4, 0.5) is 0 Å². The van der Waals surface area contributed by atoms with Gasteiger partial charge in [-0.25, -0.2) is 4.98 Å². The number of nitrogens with zero attached hydrogens (tertiary/aromatic N) is 2. The van der Waals surface area contributed by atoms with E-state index < -0.39 is 0 Å². The number of fused-ring (bicyclic) bond motifs is 1. The summed E-state index contributed by atoms with van der Waals surface area (Å²) in [5.74, 6) is 0.420. The summed E-state index contributed by atoms with van der Waals surface area (Å²) < 4.78 is 7.23. The average Bonchev–Trinajstić information content (AvgIpc) is 3.11. The third-order valence-electron chi connectivity index (χ3n) is 4.14. The monoisotopic (exact) mass is 416 g/mol. The largest absolute Gasteiger partial charge is 0.489 e. The van der Waals surface area contributed by atoms with Crippen LogP contribution in [0.1, 0.15) is 0 Å². The molecule has 0 aliphatic rings. The van der Waals surface area contributed by atoms with Crippen molar-refractivity contribution in [2.75, 3.05) is 6.61 Å². The number of ether oxygens (including phenoxy) is 1. The molecule has 2 heterocycles. The number of rotatable bonds is 5. The number of hydrogen-bond acceptors (Lipinski definition) is 4. The molecule has 2 aromatic carbocycles. The van der Waals surface area contributed by atoms with Crippen molar-refractivity contribution in [2.24, 2.45) is 0 Å². The summed E-state index contributed by atoms with van der Waals surface area (Å²) in [6, 6.07) is 15.0. The second kappa shape index (κ2) is 7.72. The van der Waals surface area contributed by atoms with E-state index in [0.717, 1.165) is 16.0 Å². The van der Waals surface area contributed by atoms with Crippen LogP contribution in [-0.4, -0.2) is 16.2 Å². The first-order valence-electron chi connectivity index (χ1n) is 8.24. The molecule has 0 bridgehead atoms. The quantitative estimate of drug-likeness (QED) is 0.430. The first kappa shape index (κ1) is 18.0. The molecule has 0 fully saturated rings. The van der Waals surface area contributed by atoms with Gasteiger partial charge in [0.1, 0.15) is 11.4 Å². The maximum absolute atomic E-state index is 13.0. The van der Waals surface area contributed by atoms with Crippen molar-refractivity contribution in [3.8, 4) is 16.9 Å². The summed E-state index contributed by atoms with van der Waals surface area (Å²) in [6.45, 7) is 0.592. The highest BCUT2D eigenvalue weighted by Crippen LogP contribution is 2.32. The Morgan fingerprint density at radius 3 is 2.52 bits per heavy atom. The summed E-state index contributed by atoms with van der Waals surface area (Å²) in [6.07, 6.45) is 1.55. The smallest absolute Gasteiger partial charge is 0.262 e. The Kier molecular flexibility index (Phi) is 5.16. The topological polar surface area (TPSA) is 44.1 Å². The molecule has 0 saturated carbocycles. The molecular weight excluding hydrogens is 403 g/mol. The van der Waals surface area contributed by atoms with Gasteiger partial charge in [-0.15, -0.1) is 11.3 Å². The van der Waals surface area contributed by atoms with Crippen LogP contribution in [-0.2, 0) is 6.54 Å². The molecule has 0 spiro atoms. The zero-order valence-corrected chi connectivity index (χ0v) is 16.4. The van der Waals surface area contributed by atoms with Crippen LogP contribution in [0.3, 0.4) is 0 Å². The molecule has 0 aliphatic carbocycles. The summed E-state index contributed by atoms with van der Waals surface area (Å²) in [5.41, 5.74) is 1.81. The van der Waals surface area contributed by atoms with E-state index in [0.29, 0.717) is 27.7 Å². The van der Waals surface area contributed by atoms with Crippen LogP contribution in [0.2, 0.25) is 10.0 Å². The molecule has 0 N–H and O–H groups in total. The van der Waals surface area contributed by atoms with E-state index in [1.807, 2.05) is 35.7 Å². The van der Waals surface area contributed by atoms with E-state index in [9.17, 15) is 4.79 Å². The Morgan fingerprint density at radius 1 is 1.04 bits per heavy atom. The number of aromatic nitrogens is 2. The normalized spacial score (nSPS) is 11.0. The summed E-state index contributed by atoms with van der Waals surface area (Å²) in [7, 11) is 0. The lowest BCUT2D eigenvalue weighted by atomic mass is 10.1. The second-order valence-electron chi connectivity index (χ2n) is 5.84. The summed E-state index contributed by atoms with van der Waals surface area (Å²) in [4.78, 5) is 18.1. The maximum Gasteiger partial charge on any atom is 0.262 e. The Bertz CT molecular complexity index is 1140. The van der Waals surface area contributed by atoms with Crippen molar-refractivity contribution in [1.29, 1.82) is 0 Å². The zero-order chi connectivity index (χ0) is 18.8. The molecular formula is C20H14Cl2N2O2S.